The predicted octanol–water partition coefficient (Wildman–Crippen LogP) is 2.59. The number of nitrogens with one attached hydrogen (secondary N) is 1. The maximum atomic E-state index is 3.11. The minimum atomic E-state index is 1.09. The van der Waals surface area contributed by atoms with Gasteiger partial charge in [0.2, 0.25) is 0 Å². The van der Waals surface area contributed by atoms with Gasteiger partial charge in [0.15, 0.2) is 0 Å². The summed E-state index contributed by atoms with van der Waals surface area (Å²) in [4.78, 5) is 0. The van der Waals surface area contributed by atoms with Crippen LogP contribution >= 0.6 is 0 Å². The third kappa shape index (κ3) is 25.2. The second-order valence-electron chi connectivity index (χ2n) is 1.93. The van der Waals surface area contributed by atoms with Gasteiger partial charge in [-0.2, -0.15) is 0 Å². The van der Waals surface area contributed by atoms with E-state index < -0.39 is 0 Å². The molecule has 62 valence electrons. The van der Waals surface area contributed by atoms with Crippen molar-refractivity contribution in [2.45, 2.75) is 34.1 Å². The molecular weight excluding hydrogens is 122 g/mol. The Morgan fingerprint density at radius 3 is 1.60 bits per heavy atom. The Hall–Kier alpha value is -0.300. The lowest BCUT2D eigenvalue weighted by atomic mass is 10.4. The van der Waals surface area contributed by atoms with E-state index in [4.69, 9.17) is 0 Å². The van der Waals surface area contributed by atoms with E-state index in [1.165, 1.54) is 0 Å². The van der Waals surface area contributed by atoms with Crippen LogP contribution < -0.4 is 5.32 Å². The Morgan fingerprint density at radius 2 is 1.60 bits per heavy atom. The zero-order valence-corrected chi connectivity index (χ0v) is 7.78. The van der Waals surface area contributed by atoms with Crippen LogP contribution in [0, 0.1) is 0 Å². The van der Waals surface area contributed by atoms with E-state index in [0.29, 0.717) is 0 Å². The molecule has 0 aliphatic heterocycles. The Labute approximate surface area is 65.5 Å². The Morgan fingerprint density at radius 1 is 1.10 bits per heavy atom. The van der Waals surface area contributed by atoms with Crippen LogP contribution in [0.2, 0.25) is 0 Å². The molecule has 0 aromatic rings. The molecule has 0 saturated carbocycles. The van der Waals surface area contributed by atoms with E-state index in [0.717, 1.165) is 19.5 Å². The first-order valence-corrected chi connectivity index (χ1v) is 4.15. The van der Waals surface area contributed by atoms with Crippen LogP contribution in [0.15, 0.2) is 12.2 Å². The van der Waals surface area contributed by atoms with Crippen LogP contribution in [0.25, 0.3) is 0 Å². The fourth-order valence-electron chi connectivity index (χ4n) is 0.486. The van der Waals surface area contributed by atoms with Gasteiger partial charge in [-0.1, -0.05) is 32.9 Å². The van der Waals surface area contributed by atoms with E-state index >= 15 is 0 Å². The monoisotopic (exact) mass is 143 g/mol. The summed E-state index contributed by atoms with van der Waals surface area (Å²) in [7, 11) is 0. The molecule has 0 radical (unpaired) electrons. The SMILES string of the molecule is CC=CCC.CCNCC. The van der Waals surface area contributed by atoms with E-state index in [-0.39, 0.29) is 0 Å². The zero-order valence-electron chi connectivity index (χ0n) is 7.78. The molecule has 0 heterocycles. The van der Waals surface area contributed by atoms with Crippen LogP contribution in [-0.4, -0.2) is 13.1 Å². The number of rotatable bonds is 3. The molecule has 0 aromatic carbocycles. The van der Waals surface area contributed by atoms with Crippen molar-refractivity contribution in [3.8, 4) is 0 Å². The van der Waals surface area contributed by atoms with Gasteiger partial charge in [0.05, 0.1) is 0 Å². The predicted molar refractivity (Wildman–Crippen MR) is 49.3 cm³/mol. The van der Waals surface area contributed by atoms with Crippen molar-refractivity contribution < 1.29 is 0 Å². The van der Waals surface area contributed by atoms with Crippen molar-refractivity contribution in [2.75, 3.05) is 13.1 Å². The van der Waals surface area contributed by atoms with Gasteiger partial charge in [0, 0.05) is 0 Å². The summed E-state index contributed by atoms with van der Waals surface area (Å²) in [5.74, 6) is 0. The minimum Gasteiger partial charge on any atom is -0.317 e. The summed E-state index contributed by atoms with van der Waals surface area (Å²) in [5.41, 5.74) is 0. The van der Waals surface area contributed by atoms with E-state index in [2.05, 4.69) is 38.2 Å². The Kier molecular flexibility index (Phi) is 19.7. The molecule has 0 atom stereocenters. The maximum Gasteiger partial charge on any atom is -0.00775 e. The fraction of sp³-hybridized carbons (Fsp3) is 0.778. The van der Waals surface area contributed by atoms with Gasteiger partial charge in [-0.15, -0.1) is 0 Å². The van der Waals surface area contributed by atoms with E-state index in [1.807, 2.05) is 6.92 Å². The van der Waals surface area contributed by atoms with Gasteiger partial charge in [0.1, 0.15) is 0 Å². The molecular formula is C9H21N. The molecule has 0 fully saturated rings. The number of allylic oxidation sites excluding steroid dienone is 2. The summed E-state index contributed by atoms with van der Waals surface area (Å²) in [6, 6.07) is 0. The highest BCUT2D eigenvalue weighted by Crippen LogP contribution is 1.73. The molecule has 0 rings (SSSR count). The van der Waals surface area contributed by atoms with Crippen LogP contribution in [0.4, 0.5) is 0 Å². The van der Waals surface area contributed by atoms with Gasteiger partial charge in [-0.3, -0.25) is 0 Å². The van der Waals surface area contributed by atoms with Crippen molar-refractivity contribution in [1.29, 1.82) is 0 Å². The minimum absolute atomic E-state index is 1.09. The summed E-state index contributed by atoms with van der Waals surface area (Å²) < 4.78 is 0. The highest BCUT2D eigenvalue weighted by Gasteiger charge is 1.62. The highest BCUT2D eigenvalue weighted by molar-refractivity contribution is 4.73. The lowest BCUT2D eigenvalue weighted by molar-refractivity contribution is 0.762. The first-order chi connectivity index (χ1) is 4.83. The molecule has 0 unspecified atom stereocenters. The molecule has 1 nitrogen and oxygen atoms in total. The van der Waals surface area contributed by atoms with E-state index in [9.17, 15) is 0 Å². The second-order valence-corrected chi connectivity index (χ2v) is 1.93. The Bertz CT molecular complexity index is 55.7. The van der Waals surface area contributed by atoms with Gasteiger partial charge in [-0.25, -0.2) is 0 Å². The highest BCUT2D eigenvalue weighted by atomic mass is 14.8. The second kappa shape index (κ2) is 15.9. The molecule has 0 saturated heterocycles. The van der Waals surface area contributed by atoms with Crippen LogP contribution in [-0.2, 0) is 0 Å². The molecule has 0 aliphatic rings. The lowest BCUT2D eigenvalue weighted by Gasteiger charge is -1.86. The van der Waals surface area contributed by atoms with Crippen LogP contribution in [0.3, 0.4) is 0 Å². The third-order valence-electron chi connectivity index (χ3n) is 0.971. The van der Waals surface area contributed by atoms with Crippen molar-refractivity contribution >= 4 is 0 Å². The molecule has 10 heavy (non-hydrogen) atoms. The first kappa shape index (κ1) is 12.4. The molecule has 1 N–H and O–H groups in total. The quantitative estimate of drug-likeness (QED) is 0.599. The van der Waals surface area contributed by atoms with Gasteiger partial charge >= 0.3 is 0 Å². The van der Waals surface area contributed by atoms with Crippen molar-refractivity contribution in [3.05, 3.63) is 12.2 Å². The number of hydrogen-bond donors (Lipinski definition) is 1. The number of hydrogen-bond acceptors (Lipinski definition) is 1. The lowest BCUT2D eigenvalue weighted by Crippen LogP contribution is -2.09. The van der Waals surface area contributed by atoms with Crippen LogP contribution in [0.5, 0.6) is 0 Å². The molecule has 1 heteroatoms. The smallest absolute Gasteiger partial charge is 0.00775 e. The Balaban J connectivity index is 0. The van der Waals surface area contributed by atoms with Gasteiger partial charge in [-0.05, 0) is 26.4 Å². The maximum absolute atomic E-state index is 3.11. The first-order valence-electron chi connectivity index (χ1n) is 4.15. The molecule has 0 amide bonds. The topological polar surface area (TPSA) is 12.0 Å². The summed E-state index contributed by atoms with van der Waals surface area (Å²) in [5, 5.41) is 3.11. The fourth-order valence-corrected chi connectivity index (χ4v) is 0.486. The normalized spacial score (nSPS) is 9.20. The van der Waals surface area contributed by atoms with Crippen molar-refractivity contribution in [1.82, 2.24) is 5.32 Å². The summed E-state index contributed by atoms with van der Waals surface area (Å²) >= 11 is 0. The van der Waals surface area contributed by atoms with Gasteiger partial charge < -0.3 is 5.32 Å². The average molecular weight is 143 g/mol. The standard InChI is InChI=1S/C5H10.C4H11N/c2*1-3-5-4-2/h3,5H,4H2,1-2H3;5H,3-4H2,1-2H3. The zero-order chi connectivity index (χ0) is 8.24. The largest absolute Gasteiger partial charge is 0.317 e. The van der Waals surface area contributed by atoms with Crippen LogP contribution in [0.1, 0.15) is 34.1 Å². The van der Waals surface area contributed by atoms with Crippen molar-refractivity contribution in [2.24, 2.45) is 0 Å². The molecule has 0 bridgehead atoms. The third-order valence-corrected chi connectivity index (χ3v) is 0.971. The molecule has 0 aromatic heterocycles. The summed E-state index contributed by atoms with van der Waals surface area (Å²) in [6.07, 6.45) is 5.34. The van der Waals surface area contributed by atoms with Gasteiger partial charge in [0.25, 0.3) is 0 Å². The average Bonchev–Trinajstić information content (AvgIpc) is 1.93. The molecule has 0 aliphatic carbocycles. The van der Waals surface area contributed by atoms with E-state index in [1.54, 1.807) is 0 Å². The molecule has 0 spiro atoms. The summed E-state index contributed by atoms with van der Waals surface area (Å²) in [6.45, 7) is 10.5. The van der Waals surface area contributed by atoms with Crippen molar-refractivity contribution in [3.63, 3.8) is 0 Å².